The van der Waals surface area contributed by atoms with E-state index >= 15 is 0 Å². The molecule has 0 saturated carbocycles. The molecule has 160 valence electrons. The van der Waals surface area contributed by atoms with Crippen molar-refractivity contribution >= 4 is 16.8 Å². The summed E-state index contributed by atoms with van der Waals surface area (Å²) >= 11 is 0. The molecule has 0 aliphatic heterocycles. The number of hydrogen-bond acceptors (Lipinski definition) is 5. The number of pyridine rings is 2. The molecule has 3 aromatic heterocycles. The van der Waals surface area contributed by atoms with Crippen LogP contribution in [0.4, 0.5) is 17.6 Å². The zero-order valence-electron chi connectivity index (χ0n) is 16.2. The van der Waals surface area contributed by atoms with Gasteiger partial charge in [0.25, 0.3) is 0 Å². The number of carbonyl (C=O) groups excluding carboxylic acids is 1. The summed E-state index contributed by atoms with van der Waals surface area (Å²) < 4.78 is 56.9. The van der Waals surface area contributed by atoms with Gasteiger partial charge in [-0.05, 0) is 24.6 Å². The molecule has 0 saturated heterocycles. The maximum atomic E-state index is 13.0. The van der Waals surface area contributed by atoms with Gasteiger partial charge in [-0.1, -0.05) is 0 Å². The summed E-state index contributed by atoms with van der Waals surface area (Å²) in [4.78, 5) is 19.8. The molecule has 7 nitrogen and oxygen atoms in total. The van der Waals surface area contributed by atoms with Crippen LogP contribution in [0, 0.1) is 6.92 Å². The van der Waals surface area contributed by atoms with Crippen molar-refractivity contribution in [2.75, 3.05) is 13.7 Å². The minimum absolute atomic E-state index is 0.121. The van der Waals surface area contributed by atoms with Gasteiger partial charge in [0.2, 0.25) is 11.8 Å². The maximum Gasteiger partial charge on any atom is 0.340 e. The van der Waals surface area contributed by atoms with Gasteiger partial charge in [0, 0.05) is 36.6 Å². The number of ether oxygens (including phenoxy) is 1. The van der Waals surface area contributed by atoms with Gasteiger partial charge in [0.15, 0.2) is 6.61 Å². The lowest BCUT2D eigenvalue weighted by molar-refractivity contribution is -0.148. The highest BCUT2D eigenvalue weighted by molar-refractivity contribution is 5.86. The quantitative estimate of drug-likeness (QED) is 0.562. The van der Waals surface area contributed by atoms with E-state index in [2.05, 4.69) is 20.4 Å². The molecule has 3 heterocycles. The van der Waals surface area contributed by atoms with E-state index in [0.29, 0.717) is 28.9 Å². The number of fused-ring (bicyclic) bond motifs is 1. The highest BCUT2D eigenvalue weighted by Gasteiger charge is 2.42. The van der Waals surface area contributed by atoms with Crippen molar-refractivity contribution in [3.8, 4) is 5.88 Å². The highest BCUT2D eigenvalue weighted by Crippen LogP contribution is 2.25. The van der Waals surface area contributed by atoms with Gasteiger partial charge in [-0.2, -0.15) is 13.9 Å². The van der Waals surface area contributed by atoms with Crippen LogP contribution in [0.25, 0.3) is 10.9 Å². The number of carbonyl (C=O) groups is 1. The number of nitrogens with one attached hydrogen (secondary N) is 1. The van der Waals surface area contributed by atoms with Crippen molar-refractivity contribution in [2.45, 2.75) is 32.2 Å². The highest BCUT2D eigenvalue weighted by atomic mass is 19.3. The van der Waals surface area contributed by atoms with Crippen molar-refractivity contribution in [2.24, 2.45) is 0 Å². The Morgan fingerprint density at radius 2 is 2.10 bits per heavy atom. The van der Waals surface area contributed by atoms with Crippen LogP contribution in [-0.2, 0) is 17.8 Å². The van der Waals surface area contributed by atoms with Crippen LogP contribution in [0.1, 0.15) is 16.8 Å². The fraction of sp³-hybridized carbons (Fsp3) is 0.368. The maximum absolute atomic E-state index is 13.0. The number of hydrogen-bond donors (Lipinski definition) is 1. The van der Waals surface area contributed by atoms with Gasteiger partial charge < -0.3 is 10.1 Å². The molecule has 3 rings (SSSR count). The predicted molar refractivity (Wildman–Crippen MR) is 99.8 cm³/mol. The molecule has 0 radical (unpaired) electrons. The first-order valence-corrected chi connectivity index (χ1v) is 8.95. The van der Waals surface area contributed by atoms with E-state index in [-0.39, 0.29) is 18.2 Å². The topological polar surface area (TPSA) is 81.9 Å². The number of rotatable bonds is 8. The van der Waals surface area contributed by atoms with Crippen LogP contribution >= 0.6 is 0 Å². The molecule has 11 heteroatoms. The molecule has 1 N–H and O–H groups in total. The minimum atomic E-state index is -4.25. The fourth-order valence-corrected chi connectivity index (χ4v) is 2.78. The summed E-state index contributed by atoms with van der Waals surface area (Å²) in [5, 5.41) is 7.73. The Hall–Kier alpha value is -3.24. The second-order valence-electron chi connectivity index (χ2n) is 6.68. The molecule has 0 aliphatic rings. The van der Waals surface area contributed by atoms with Crippen LogP contribution < -0.4 is 10.1 Å². The number of nitrogens with zero attached hydrogens (tertiary/aromatic N) is 4. The van der Waals surface area contributed by atoms with E-state index in [4.69, 9.17) is 4.74 Å². The molecular formula is C19H19F4N5O2. The van der Waals surface area contributed by atoms with E-state index < -0.39 is 19.0 Å². The first-order valence-electron chi connectivity index (χ1n) is 8.95. The van der Waals surface area contributed by atoms with E-state index in [1.165, 1.54) is 6.20 Å². The monoisotopic (exact) mass is 425 g/mol. The molecule has 0 aromatic carbocycles. The van der Waals surface area contributed by atoms with E-state index in [0.717, 1.165) is 5.39 Å². The molecule has 0 fully saturated rings. The van der Waals surface area contributed by atoms with Gasteiger partial charge in [-0.3, -0.25) is 14.5 Å². The SMILES string of the molecule is CNC(=O)Cc1nccc2nn(Cc3cnc(OCC(F)(F)C(F)F)c(C)c3)cc12. The minimum Gasteiger partial charge on any atom is -0.471 e. The number of likely N-dealkylation sites (N-methyl/N-ethyl adjacent to an activating group) is 1. The van der Waals surface area contributed by atoms with Crippen molar-refractivity contribution in [1.29, 1.82) is 0 Å². The average molecular weight is 425 g/mol. The van der Waals surface area contributed by atoms with Crippen LogP contribution in [0.2, 0.25) is 0 Å². The molecule has 0 atom stereocenters. The van der Waals surface area contributed by atoms with Crippen LogP contribution in [0.3, 0.4) is 0 Å². The summed E-state index contributed by atoms with van der Waals surface area (Å²) in [5.74, 6) is -4.56. The van der Waals surface area contributed by atoms with E-state index in [1.54, 1.807) is 43.2 Å². The summed E-state index contributed by atoms with van der Waals surface area (Å²) in [6.45, 7) is 0.441. The Bertz CT molecular complexity index is 1050. The standard InChI is InChI=1S/C19H19F4N5O2/c1-11-5-12(7-26-17(11)30-10-19(22,23)18(20)21)8-28-9-13-14(27-28)3-4-25-15(13)6-16(29)24-2/h3-5,7,9,18H,6,8,10H2,1-2H3,(H,24,29). The molecule has 1 amide bonds. The van der Waals surface area contributed by atoms with Crippen LogP contribution in [-0.4, -0.2) is 51.7 Å². The second kappa shape index (κ2) is 8.64. The van der Waals surface area contributed by atoms with Crippen molar-refractivity contribution in [3.05, 3.63) is 47.5 Å². The zero-order chi connectivity index (χ0) is 21.9. The van der Waals surface area contributed by atoms with Crippen molar-refractivity contribution in [3.63, 3.8) is 0 Å². The lowest BCUT2D eigenvalue weighted by atomic mass is 10.2. The van der Waals surface area contributed by atoms with E-state index in [1.807, 2.05) is 0 Å². The lowest BCUT2D eigenvalue weighted by Gasteiger charge is -2.16. The fourth-order valence-electron chi connectivity index (χ4n) is 2.78. The number of amides is 1. The van der Waals surface area contributed by atoms with Gasteiger partial charge in [-0.15, -0.1) is 0 Å². The predicted octanol–water partition coefficient (Wildman–Crippen LogP) is 2.75. The largest absolute Gasteiger partial charge is 0.471 e. The third kappa shape index (κ3) is 4.84. The number of aromatic nitrogens is 4. The number of aryl methyl sites for hydroxylation is 1. The van der Waals surface area contributed by atoms with Crippen LogP contribution in [0.15, 0.2) is 30.7 Å². The van der Waals surface area contributed by atoms with Gasteiger partial charge in [0.1, 0.15) is 0 Å². The Morgan fingerprint density at radius 3 is 2.77 bits per heavy atom. The molecular weight excluding hydrogens is 406 g/mol. The van der Waals surface area contributed by atoms with Gasteiger partial charge in [0.05, 0.1) is 24.2 Å². The summed E-state index contributed by atoms with van der Waals surface area (Å²) in [5.41, 5.74) is 2.39. The third-order valence-corrected chi connectivity index (χ3v) is 4.32. The average Bonchev–Trinajstić information content (AvgIpc) is 3.10. The number of alkyl halides is 4. The van der Waals surface area contributed by atoms with Gasteiger partial charge >= 0.3 is 12.3 Å². The Kier molecular flexibility index (Phi) is 6.18. The molecule has 0 spiro atoms. The Labute approximate surface area is 169 Å². The van der Waals surface area contributed by atoms with Crippen molar-refractivity contribution in [1.82, 2.24) is 25.1 Å². The Balaban J connectivity index is 1.75. The first kappa shape index (κ1) is 21.5. The first-order chi connectivity index (χ1) is 14.2. The molecule has 0 aliphatic carbocycles. The summed E-state index contributed by atoms with van der Waals surface area (Å²) in [6.07, 6.45) is 1.04. The zero-order valence-corrected chi connectivity index (χ0v) is 16.2. The van der Waals surface area contributed by atoms with Gasteiger partial charge in [-0.25, -0.2) is 13.8 Å². The second-order valence-corrected chi connectivity index (χ2v) is 6.68. The smallest absolute Gasteiger partial charge is 0.340 e. The van der Waals surface area contributed by atoms with E-state index in [9.17, 15) is 22.4 Å². The normalized spacial score (nSPS) is 11.8. The Morgan fingerprint density at radius 1 is 1.33 bits per heavy atom. The lowest BCUT2D eigenvalue weighted by Crippen LogP contribution is -2.34. The summed E-state index contributed by atoms with van der Waals surface area (Å²) in [6, 6.07) is 3.38. The summed E-state index contributed by atoms with van der Waals surface area (Å²) in [7, 11) is 1.54. The number of halogens is 4. The third-order valence-electron chi connectivity index (χ3n) is 4.32. The molecule has 30 heavy (non-hydrogen) atoms. The molecule has 0 bridgehead atoms. The molecule has 3 aromatic rings. The molecule has 0 unspecified atom stereocenters. The van der Waals surface area contributed by atoms with Crippen LogP contribution in [0.5, 0.6) is 5.88 Å². The van der Waals surface area contributed by atoms with Crippen molar-refractivity contribution < 1.29 is 27.1 Å².